The number of amides is 1. The molecule has 0 unspecified atom stereocenters. The lowest BCUT2D eigenvalue weighted by Crippen LogP contribution is -2.52. The molecule has 0 saturated carbocycles. The lowest BCUT2D eigenvalue weighted by atomic mass is 9.77. The molecule has 1 atom stereocenters. The number of nitrogens with zero attached hydrogens (tertiary/aromatic N) is 5. The van der Waals surface area contributed by atoms with Crippen LogP contribution in [0, 0.1) is 26.2 Å². The van der Waals surface area contributed by atoms with Crippen molar-refractivity contribution in [2.24, 2.45) is 12.5 Å². The second-order valence-corrected chi connectivity index (χ2v) is 11.1. The van der Waals surface area contributed by atoms with Crippen molar-refractivity contribution in [1.29, 1.82) is 0 Å². The highest BCUT2D eigenvalue weighted by atomic mass is 35.5. The Kier molecular flexibility index (Phi) is 8.09. The minimum Gasteiger partial charge on any atom is -0.493 e. The number of rotatable bonds is 7. The number of benzene rings is 1. The topological polar surface area (TPSA) is 53.8 Å². The molecule has 2 aromatic rings. The van der Waals surface area contributed by atoms with E-state index < -0.39 is 0 Å². The van der Waals surface area contributed by atoms with Crippen LogP contribution in [0.15, 0.2) is 18.2 Å². The largest absolute Gasteiger partial charge is 0.493 e. The highest BCUT2D eigenvalue weighted by Gasteiger charge is 2.40. The number of carbonyl (C=O) groups is 1. The number of hydrogen-bond acceptors (Lipinski definition) is 5. The molecule has 0 bridgehead atoms. The Hall–Kier alpha value is -2.09. The van der Waals surface area contributed by atoms with Gasteiger partial charge in [-0.3, -0.25) is 14.4 Å². The van der Waals surface area contributed by atoms with E-state index in [0.29, 0.717) is 13.0 Å². The number of likely N-dealkylation sites (N-methyl/N-ethyl adjacent to an activating group) is 1. The maximum absolute atomic E-state index is 13.5. The van der Waals surface area contributed by atoms with Crippen LogP contribution in [0.4, 0.5) is 0 Å². The van der Waals surface area contributed by atoms with E-state index in [2.05, 4.69) is 35.8 Å². The van der Waals surface area contributed by atoms with Gasteiger partial charge in [0.1, 0.15) is 5.75 Å². The average Bonchev–Trinajstić information content (AvgIpc) is 3.06. The first kappa shape index (κ1) is 26.0. The third-order valence-electron chi connectivity index (χ3n) is 7.84. The third kappa shape index (κ3) is 6.19. The molecule has 8 heteroatoms. The number of hydrogen-bond donors (Lipinski definition) is 0. The molecular weight excluding hydrogens is 462 g/mol. The summed E-state index contributed by atoms with van der Waals surface area (Å²) >= 11 is 6.22. The number of aryl methyl sites for hydroxylation is 3. The molecule has 3 heterocycles. The fourth-order valence-corrected chi connectivity index (χ4v) is 5.58. The van der Waals surface area contributed by atoms with Crippen LogP contribution >= 0.6 is 11.6 Å². The van der Waals surface area contributed by atoms with Gasteiger partial charge in [0, 0.05) is 74.4 Å². The minimum atomic E-state index is -0.226. The lowest BCUT2D eigenvalue weighted by molar-refractivity contribution is -0.137. The SMILES string of the molecule is Cc1cc(OC[C@@]2(CC(=O)N3CCN(C)CC3)CCCN(Cc3c(C)nn(C)c3C)C2)ccc1Cl. The standard InChI is InChI=1S/C27H40ClN5O2/c1-20-15-23(7-8-25(20)28)35-19-27(16-26(34)33-13-11-30(4)12-14-33)9-6-10-32(18-27)17-24-21(2)29-31(5)22(24)3/h7-8,15H,6,9-14,16-19H2,1-5H3/t27-/m1/s1. The van der Waals surface area contributed by atoms with Gasteiger partial charge in [0.25, 0.3) is 0 Å². The maximum atomic E-state index is 13.5. The average molecular weight is 502 g/mol. The number of halogens is 1. The highest BCUT2D eigenvalue weighted by Crippen LogP contribution is 2.36. The van der Waals surface area contributed by atoms with E-state index in [1.807, 2.05) is 41.8 Å². The Morgan fingerprint density at radius 2 is 1.86 bits per heavy atom. The van der Waals surface area contributed by atoms with E-state index in [1.165, 1.54) is 11.3 Å². The van der Waals surface area contributed by atoms with Gasteiger partial charge >= 0.3 is 0 Å². The van der Waals surface area contributed by atoms with Crippen molar-refractivity contribution < 1.29 is 9.53 Å². The fraction of sp³-hybridized carbons (Fsp3) is 0.630. The van der Waals surface area contributed by atoms with Gasteiger partial charge in [0.2, 0.25) is 5.91 Å². The summed E-state index contributed by atoms with van der Waals surface area (Å²) in [5.41, 5.74) is 4.36. The van der Waals surface area contributed by atoms with Gasteiger partial charge in [-0.15, -0.1) is 0 Å². The first-order chi connectivity index (χ1) is 16.7. The zero-order valence-corrected chi connectivity index (χ0v) is 22.7. The molecule has 2 aliphatic rings. The maximum Gasteiger partial charge on any atom is 0.223 e. The molecule has 2 aliphatic heterocycles. The van der Waals surface area contributed by atoms with Gasteiger partial charge in [-0.2, -0.15) is 5.10 Å². The summed E-state index contributed by atoms with van der Waals surface area (Å²) in [6.45, 7) is 12.9. The molecule has 1 amide bonds. The molecule has 0 aliphatic carbocycles. The minimum absolute atomic E-state index is 0.226. The van der Waals surface area contributed by atoms with Crippen LogP contribution in [-0.4, -0.2) is 83.3 Å². The zero-order valence-electron chi connectivity index (χ0n) is 21.9. The van der Waals surface area contributed by atoms with Gasteiger partial charge in [-0.25, -0.2) is 0 Å². The van der Waals surface area contributed by atoms with Gasteiger partial charge in [0.15, 0.2) is 0 Å². The van der Waals surface area contributed by atoms with E-state index in [0.717, 1.165) is 80.7 Å². The van der Waals surface area contributed by atoms with E-state index in [4.69, 9.17) is 16.3 Å². The Bertz CT molecular complexity index is 1050. The second kappa shape index (κ2) is 10.9. The molecule has 0 N–H and O–H groups in total. The summed E-state index contributed by atoms with van der Waals surface area (Å²) < 4.78 is 8.32. The first-order valence-corrected chi connectivity index (χ1v) is 13.1. The first-order valence-electron chi connectivity index (χ1n) is 12.7. The number of ether oxygens (including phenoxy) is 1. The predicted octanol–water partition coefficient (Wildman–Crippen LogP) is 3.82. The van der Waals surface area contributed by atoms with E-state index in [1.54, 1.807) is 0 Å². The van der Waals surface area contributed by atoms with Crippen molar-refractivity contribution in [2.75, 3.05) is 52.9 Å². The van der Waals surface area contributed by atoms with E-state index in [-0.39, 0.29) is 11.3 Å². The molecule has 7 nitrogen and oxygen atoms in total. The number of likely N-dealkylation sites (tertiary alicyclic amines) is 1. The summed E-state index contributed by atoms with van der Waals surface area (Å²) in [6.07, 6.45) is 2.56. The van der Waals surface area contributed by atoms with Crippen molar-refractivity contribution >= 4 is 17.5 Å². The van der Waals surface area contributed by atoms with Crippen molar-refractivity contribution in [3.8, 4) is 5.75 Å². The molecule has 0 radical (unpaired) electrons. The van der Waals surface area contributed by atoms with Gasteiger partial charge in [-0.1, -0.05) is 11.6 Å². The molecule has 1 aromatic carbocycles. The zero-order chi connectivity index (χ0) is 25.2. The van der Waals surface area contributed by atoms with Crippen molar-refractivity contribution in [3.05, 3.63) is 45.7 Å². The molecule has 4 rings (SSSR count). The van der Waals surface area contributed by atoms with Crippen LogP contribution in [0.2, 0.25) is 5.02 Å². The Morgan fingerprint density at radius 1 is 1.11 bits per heavy atom. The van der Waals surface area contributed by atoms with Crippen LogP contribution in [0.1, 0.15) is 41.8 Å². The molecular formula is C27H40ClN5O2. The molecule has 2 fully saturated rings. The Labute approximate surface area is 215 Å². The number of piperidine rings is 1. The summed E-state index contributed by atoms with van der Waals surface area (Å²) in [5.74, 6) is 1.07. The van der Waals surface area contributed by atoms with Crippen LogP contribution < -0.4 is 4.74 Å². The van der Waals surface area contributed by atoms with Crippen molar-refractivity contribution in [3.63, 3.8) is 0 Å². The quantitative estimate of drug-likeness (QED) is 0.577. The smallest absolute Gasteiger partial charge is 0.223 e. The van der Waals surface area contributed by atoms with Crippen LogP contribution in [0.3, 0.4) is 0 Å². The second-order valence-electron chi connectivity index (χ2n) is 10.6. The molecule has 192 valence electrons. The number of piperazine rings is 1. The summed E-state index contributed by atoms with van der Waals surface area (Å²) in [5, 5.41) is 5.35. The monoisotopic (exact) mass is 501 g/mol. The number of carbonyl (C=O) groups excluding carboxylic acids is 1. The Morgan fingerprint density at radius 3 is 2.51 bits per heavy atom. The molecule has 2 saturated heterocycles. The van der Waals surface area contributed by atoms with Gasteiger partial charge in [0.05, 0.1) is 12.3 Å². The van der Waals surface area contributed by atoms with Crippen LogP contribution in [0.5, 0.6) is 5.75 Å². The normalized spacial score (nSPS) is 21.9. The summed E-state index contributed by atoms with van der Waals surface area (Å²) in [4.78, 5) is 20.3. The fourth-order valence-electron chi connectivity index (χ4n) is 5.46. The van der Waals surface area contributed by atoms with Gasteiger partial charge < -0.3 is 14.5 Å². The third-order valence-corrected chi connectivity index (χ3v) is 8.26. The Balaban J connectivity index is 1.52. The summed E-state index contributed by atoms with van der Waals surface area (Å²) in [6, 6.07) is 5.80. The van der Waals surface area contributed by atoms with Crippen LogP contribution in [0.25, 0.3) is 0 Å². The molecule has 35 heavy (non-hydrogen) atoms. The molecule has 0 spiro atoms. The van der Waals surface area contributed by atoms with Crippen molar-refractivity contribution in [2.45, 2.75) is 46.6 Å². The van der Waals surface area contributed by atoms with E-state index >= 15 is 0 Å². The van der Waals surface area contributed by atoms with Crippen LogP contribution in [-0.2, 0) is 18.4 Å². The lowest BCUT2D eigenvalue weighted by Gasteiger charge is -2.43. The highest BCUT2D eigenvalue weighted by molar-refractivity contribution is 6.31. The predicted molar refractivity (Wildman–Crippen MR) is 140 cm³/mol. The molecule has 1 aromatic heterocycles. The number of aromatic nitrogens is 2. The van der Waals surface area contributed by atoms with Crippen molar-refractivity contribution in [1.82, 2.24) is 24.5 Å². The summed E-state index contributed by atoms with van der Waals surface area (Å²) in [7, 11) is 4.12. The van der Waals surface area contributed by atoms with E-state index in [9.17, 15) is 4.79 Å². The van der Waals surface area contributed by atoms with Gasteiger partial charge in [-0.05, 0) is 71.0 Å².